The Kier molecular flexibility index (Phi) is 3.71. The summed E-state index contributed by atoms with van der Waals surface area (Å²) in [4.78, 5) is 0. The van der Waals surface area contributed by atoms with Crippen molar-refractivity contribution in [1.29, 1.82) is 0 Å². The molecule has 5 heteroatoms. The lowest BCUT2D eigenvalue weighted by Crippen LogP contribution is -2.12. The lowest BCUT2D eigenvalue weighted by Gasteiger charge is -2.12. The fourth-order valence-corrected chi connectivity index (χ4v) is 1.53. The molecule has 0 amide bonds. The minimum atomic E-state index is -0.832. The van der Waals surface area contributed by atoms with Gasteiger partial charge in [0.05, 0.1) is 17.6 Å². The van der Waals surface area contributed by atoms with Crippen molar-refractivity contribution in [2.45, 2.75) is 6.04 Å². The highest BCUT2D eigenvalue weighted by Gasteiger charge is 2.14. The minimum Gasteiger partial charge on any atom is -0.506 e. The third kappa shape index (κ3) is 2.16. The van der Waals surface area contributed by atoms with E-state index in [9.17, 15) is 9.50 Å². The molecule has 0 aliphatic heterocycles. The van der Waals surface area contributed by atoms with Crippen molar-refractivity contribution in [2.75, 3.05) is 13.8 Å². The molecule has 1 aromatic carbocycles. The standard InChI is InChI=1S/C9H11BrFNO2/c1-14-5-2-6(8(12)4-11)9(13)7(10)3-5/h2-3,8,13H,4,12H2,1H3. The van der Waals surface area contributed by atoms with Crippen LogP contribution in [-0.2, 0) is 0 Å². The summed E-state index contributed by atoms with van der Waals surface area (Å²) in [5.74, 6) is 0.476. The number of hydrogen-bond acceptors (Lipinski definition) is 3. The third-order valence-corrected chi connectivity index (χ3v) is 2.47. The molecule has 0 bridgehead atoms. The average Bonchev–Trinajstić information content (AvgIpc) is 2.20. The molecule has 1 rings (SSSR count). The van der Waals surface area contributed by atoms with Crippen molar-refractivity contribution in [3.63, 3.8) is 0 Å². The first-order chi connectivity index (χ1) is 6.60. The number of phenolic OH excluding ortho intramolecular Hbond substituents is 1. The zero-order valence-corrected chi connectivity index (χ0v) is 9.21. The summed E-state index contributed by atoms with van der Waals surface area (Å²) in [6, 6.07) is 2.27. The van der Waals surface area contributed by atoms with Gasteiger partial charge in [0.2, 0.25) is 0 Å². The summed E-state index contributed by atoms with van der Waals surface area (Å²) in [6.45, 7) is -0.729. The number of rotatable bonds is 3. The maximum absolute atomic E-state index is 12.3. The van der Waals surface area contributed by atoms with Gasteiger partial charge in [0.15, 0.2) is 0 Å². The third-order valence-electron chi connectivity index (χ3n) is 1.87. The Hall–Kier alpha value is -0.810. The molecular formula is C9H11BrFNO2. The molecule has 0 spiro atoms. The van der Waals surface area contributed by atoms with E-state index in [2.05, 4.69) is 15.9 Å². The molecule has 0 aliphatic carbocycles. The highest BCUT2D eigenvalue weighted by Crippen LogP contribution is 2.35. The molecule has 0 radical (unpaired) electrons. The van der Waals surface area contributed by atoms with Crippen LogP contribution >= 0.6 is 15.9 Å². The summed E-state index contributed by atoms with van der Waals surface area (Å²) >= 11 is 3.13. The molecule has 0 aromatic heterocycles. The van der Waals surface area contributed by atoms with Crippen molar-refractivity contribution in [1.82, 2.24) is 0 Å². The lowest BCUT2D eigenvalue weighted by molar-refractivity contribution is 0.397. The summed E-state index contributed by atoms with van der Waals surface area (Å²) in [7, 11) is 1.49. The van der Waals surface area contributed by atoms with Crippen LogP contribution in [0.15, 0.2) is 16.6 Å². The first-order valence-corrected chi connectivity index (χ1v) is 4.77. The molecule has 3 N–H and O–H groups in total. The number of benzene rings is 1. The van der Waals surface area contributed by atoms with Crippen LogP contribution in [0.25, 0.3) is 0 Å². The Morgan fingerprint density at radius 3 is 2.79 bits per heavy atom. The van der Waals surface area contributed by atoms with Gasteiger partial charge in [-0.2, -0.15) is 0 Å². The van der Waals surface area contributed by atoms with E-state index < -0.39 is 12.7 Å². The number of halogens is 2. The molecular weight excluding hydrogens is 253 g/mol. The van der Waals surface area contributed by atoms with Gasteiger partial charge in [0.1, 0.15) is 18.2 Å². The Balaban J connectivity index is 3.20. The molecule has 1 unspecified atom stereocenters. The van der Waals surface area contributed by atoms with Gasteiger partial charge in [-0.3, -0.25) is 0 Å². The molecule has 14 heavy (non-hydrogen) atoms. The molecule has 1 atom stereocenters. The summed E-state index contributed by atoms with van der Waals surface area (Å²) < 4.78 is 17.7. The van der Waals surface area contributed by atoms with Crippen LogP contribution in [0.4, 0.5) is 4.39 Å². The maximum atomic E-state index is 12.3. The highest BCUT2D eigenvalue weighted by atomic mass is 79.9. The summed E-state index contributed by atoms with van der Waals surface area (Å²) in [5.41, 5.74) is 5.81. The first-order valence-electron chi connectivity index (χ1n) is 3.98. The largest absolute Gasteiger partial charge is 0.506 e. The van der Waals surface area contributed by atoms with Crippen molar-refractivity contribution in [2.24, 2.45) is 5.73 Å². The van der Waals surface area contributed by atoms with Crippen LogP contribution in [-0.4, -0.2) is 18.9 Å². The van der Waals surface area contributed by atoms with Crippen LogP contribution in [0.3, 0.4) is 0 Å². The Bertz CT molecular complexity index is 333. The van der Waals surface area contributed by atoms with Gasteiger partial charge in [-0.1, -0.05) is 0 Å². The minimum absolute atomic E-state index is 0.0454. The van der Waals surface area contributed by atoms with E-state index in [-0.39, 0.29) is 5.75 Å². The van der Waals surface area contributed by atoms with E-state index in [4.69, 9.17) is 10.5 Å². The fraction of sp³-hybridized carbons (Fsp3) is 0.333. The van der Waals surface area contributed by atoms with Crippen LogP contribution in [0.1, 0.15) is 11.6 Å². The quantitative estimate of drug-likeness (QED) is 0.879. The lowest BCUT2D eigenvalue weighted by atomic mass is 10.1. The van der Waals surface area contributed by atoms with Crippen molar-refractivity contribution >= 4 is 15.9 Å². The second-order valence-electron chi connectivity index (χ2n) is 2.81. The Morgan fingerprint density at radius 2 is 2.29 bits per heavy atom. The van der Waals surface area contributed by atoms with E-state index in [0.29, 0.717) is 15.8 Å². The predicted octanol–water partition coefficient (Wildman–Crippen LogP) is 2.13. The van der Waals surface area contributed by atoms with Gasteiger partial charge in [-0.15, -0.1) is 0 Å². The molecule has 3 nitrogen and oxygen atoms in total. The van der Waals surface area contributed by atoms with Gasteiger partial charge >= 0.3 is 0 Å². The highest BCUT2D eigenvalue weighted by molar-refractivity contribution is 9.10. The van der Waals surface area contributed by atoms with Gasteiger partial charge in [-0.05, 0) is 28.1 Å². The molecule has 0 saturated carbocycles. The van der Waals surface area contributed by atoms with E-state index in [1.807, 2.05) is 0 Å². The van der Waals surface area contributed by atoms with E-state index >= 15 is 0 Å². The molecule has 0 saturated heterocycles. The number of methoxy groups -OCH3 is 1. The monoisotopic (exact) mass is 263 g/mol. The molecule has 1 aromatic rings. The average molecular weight is 264 g/mol. The van der Waals surface area contributed by atoms with E-state index in [1.54, 1.807) is 6.07 Å². The van der Waals surface area contributed by atoms with Crippen LogP contribution < -0.4 is 10.5 Å². The topological polar surface area (TPSA) is 55.5 Å². The fourth-order valence-electron chi connectivity index (χ4n) is 1.08. The van der Waals surface area contributed by atoms with Crippen molar-refractivity contribution in [3.05, 3.63) is 22.2 Å². The molecule has 78 valence electrons. The van der Waals surface area contributed by atoms with Crippen LogP contribution in [0, 0.1) is 0 Å². The predicted molar refractivity (Wildman–Crippen MR) is 55.3 cm³/mol. The smallest absolute Gasteiger partial charge is 0.134 e. The van der Waals surface area contributed by atoms with Gasteiger partial charge in [-0.25, -0.2) is 4.39 Å². The van der Waals surface area contributed by atoms with E-state index in [1.165, 1.54) is 13.2 Å². The second-order valence-corrected chi connectivity index (χ2v) is 3.66. The Labute approximate surface area is 89.8 Å². The number of alkyl halides is 1. The molecule has 0 fully saturated rings. The number of phenols is 1. The zero-order valence-electron chi connectivity index (χ0n) is 7.63. The SMILES string of the molecule is COc1cc(Br)c(O)c(C(N)CF)c1. The van der Waals surface area contributed by atoms with Crippen LogP contribution in [0.5, 0.6) is 11.5 Å². The number of hydrogen-bond donors (Lipinski definition) is 2. The first kappa shape index (κ1) is 11.3. The molecule has 0 heterocycles. The Morgan fingerprint density at radius 1 is 1.64 bits per heavy atom. The summed E-state index contributed by atoms with van der Waals surface area (Å²) in [5, 5.41) is 9.57. The van der Waals surface area contributed by atoms with Crippen molar-refractivity contribution in [3.8, 4) is 11.5 Å². The maximum Gasteiger partial charge on any atom is 0.134 e. The van der Waals surface area contributed by atoms with Crippen molar-refractivity contribution < 1.29 is 14.2 Å². The van der Waals surface area contributed by atoms with Gasteiger partial charge < -0.3 is 15.6 Å². The normalized spacial score (nSPS) is 12.6. The number of aromatic hydroxyl groups is 1. The summed E-state index contributed by atoms with van der Waals surface area (Å²) in [6.07, 6.45) is 0. The molecule has 0 aliphatic rings. The number of ether oxygens (including phenoxy) is 1. The number of nitrogens with two attached hydrogens (primary N) is 1. The second kappa shape index (κ2) is 4.61. The van der Waals surface area contributed by atoms with E-state index in [0.717, 1.165) is 0 Å². The zero-order chi connectivity index (χ0) is 10.7. The van der Waals surface area contributed by atoms with Crippen LogP contribution in [0.2, 0.25) is 0 Å². The van der Waals surface area contributed by atoms with Gasteiger partial charge in [0, 0.05) is 5.56 Å². The van der Waals surface area contributed by atoms with Gasteiger partial charge in [0.25, 0.3) is 0 Å².